The van der Waals surface area contributed by atoms with Gasteiger partial charge in [0.1, 0.15) is 23.0 Å². The monoisotopic (exact) mass is 458 g/mol. The molecule has 0 atom stereocenters. The van der Waals surface area contributed by atoms with Gasteiger partial charge in [-0.3, -0.25) is 0 Å². The van der Waals surface area contributed by atoms with Crippen LogP contribution >= 0.6 is 0 Å². The third-order valence-corrected chi connectivity index (χ3v) is 4.20. The molecule has 3 aromatic rings. The maximum Gasteiger partial charge on any atom is 0.343 e. The molecule has 0 fully saturated rings. The number of hydrogen-bond donors (Lipinski definition) is 0. The molecule has 0 N–H and O–H groups in total. The molecule has 3 aromatic carbocycles. The fourth-order valence-electron chi connectivity index (χ4n) is 2.54. The molecule has 0 saturated carbocycles. The lowest BCUT2D eigenvalue weighted by molar-refractivity contribution is -0.129. The van der Waals surface area contributed by atoms with Gasteiger partial charge in [0, 0.05) is 12.2 Å². The Bertz CT molecular complexity index is 1120. The topological polar surface area (TPSA) is 105 Å². The van der Waals surface area contributed by atoms with Gasteiger partial charge in [0.15, 0.2) is 0 Å². The zero-order chi connectivity index (χ0) is 24.5. The summed E-state index contributed by atoms with van der Waals surface area (Å²) in [5, 5.41) is 0. The third kappa shape index (κ3) is 6.51. The van der Waals surface area contributed by atoms with Crippen molar-refractivity contribution in [2.45, 2.75) is 0 Å². The first-order valence-electron chi connectivity index (χ1n) is 9.81. The van der Waals surface area contributed by atoms with Crippen molar-refractivity contribution < 1.29 is 38.1 Å². The number of ether oxygens (including phenoxy) is 4. The van der Waals surface area contributed by atoms with Gasteiger partial charge in [0.25, 0.3) is 0 Å². The average molecular weight is 458 g/mol. The summed E-state index contributed by atoms with van der Waals surface area (Å²) < 4.78 is 20.5. The van der Waals surface area contributed by atoms with E-state index >= 15 is 0 Å². The lowest BCUT2D eigenvalue weighted by Crippen LogP contribution is -2.10. The van der Waals surface area contributed by atoms with Crippen LogP contribution in [-0.2, 0) is 9.59 Å². The van der Waals surface area contributed by atoms with Gasteiger partial charge >= 0.3 is 23.9 Å². The Kier molecular flexibility index (Phi) is 7.70. The zero-order valence-electron chi connectivity index (χ0n) is 17.8. The summed E-state index contributed by atoms with van der Waals surface area (Å²) in [5.74, 6) is -1.46. The van der Waals surface area contributed by atoms with Crippen LogP contribution in [0.4, 0.5) is 0 Å². The highest BCUT2D eigenvalue weighted by atomic mass is 16.5. The maximum atomic E-state index is 12.3. The van der Waals surface area contributed by atoms with Gasteiger partial charge in [0.2, 0.25) is 0 Å². The Labute approximate surface area is 194 Å². The van der Waals surface area contributed by atoms with Crippen molar-refractivity contribution in [2.24, 2.45) is 0 Å². The third-order valence-electron chi connectivity index (χ3n) is 4.20. The van der Waals surface area contributed by atoms with Crippen LogP contribution in [0.2, 0.25) is 0 Å². The van der Waals surface area contributed by atoms with Gasteiger partial charge in [-0.1, -0.05) is 13.2 Å². The molecule has 0 bridgehead atoms. The lowest BCUT2D eigenvalue weighted by Gasteiger charge is -2.08. The normalized spacial score (nSPS) is 9.88. The second-order valence-electron chi connectivity index (χ2n) is 6.55. The van der Waals surface area contributed by atoms with E-state index in [0.717, 1.165) is 12.2 Å². The van der Waals surface area contributed by atoms with Crippen LogP contribution in [0.1, 0.15) is 20.7 Å². The first-order valence-corrected chi connectivity index (χ1v) is 9.81. The van der Waals surface area contributed by atoms with Crippen LogP contribution in [0, 0.1) is 0 Å². The average Bonchev–Trinajstić information content (AvgIpc) is 2.85. The molecule has 0 radical (unpaired) electrons. The number of carbonyl (C=O) groups is 4. The molecule has 8 heteroatoms. The standard InChI is InChI=1S/C26H18O8/c1-3-23(27)31-19-9-5-17(6-10-19)25(29)33-21-13-15-22(16-14-21)34-26(30)18-7-11-20(12-8-18)32-24(28)4-2/h3-16H,1-2H2. The van der Waals surface area contributed by atoms with Crippen molar-refractivity contribution in [1.82, 2.24) is 0 Å². The summed E-state index contributed by atoms with van der Waals surface area (Å²) in [4.78, 5) is 47.0. The molecule has 0 aliphatic heterocycles. The first-order chi connectivity index (χ1) is 16.4. The van der Waals surface area contributed by atoms with Crippen molar-refractivity contribution in [3.8, 4) is 23.0 Å². The summed E-state index contributed by atoms with van der Waals surface area (Å²) in [6.45, 7) is 6.61. The second-order valence-corrected chi connectivity index (χ2v) is 6.55. The minimum absolute atomic E-state index is 0.236. The van der Waals surface area contributed by atoms with E-state index in [1.54, 1.807) is 0 Å². The highest BCUT2D eigenvalue weighted by Crippen LogP contribution is 2.21. The fourth-order valence-corrected chi connectivity index (χ4v) is 2.54. The zero-order valence-corrected chi connectivity index (χ0v) is 17.8. The van der Waals surface area contributed by atoms with Crippen LogP contribution in [0.15, 0.2) is 98.1 Å². The number of rotatable bonds is 8. The van der Waals surface area contributed by atoms with Gasteiger partial charge in [-0.05, 0) is 72.8 Å². The predicted molar refractivity (Wildman–Crippen MR) is 121 cm³/mol. The molecule has 0 heterocycles. The fraction of sp³-hybridized carbons (Fsp3) is 0. The molecule has 34 heavy (non-hydrogen) atoms. The highest BCUT2D eigenvalue weighted by molar-refractivity contribution is 5.92. The number of esters is 4. The van der Waals surface area contributed by atoms with E-state index in [1.165, 1.54) is 72.8 Å². The summed E-state index contributed by atoms with van der Waals surface area (Å²) >= 11 is 0. The van der Waals surface area contributed by atoms with Crippen molar-refractivity contribution >= 4 is 23.9 Å². The maximum absolute atomic E-state index is 12.3. The quantitative estimate of drug-likeness (QED) is 0.279. The van der Waals surface area contributed by atoms with Gasteiger partial charge in [-0.2, -0.15) is 0 Å². The van der Waals surface area contributed by atoms with E-state index in [-0.39, 0.29) is 34.1 Å². The van der Waals surface area contributed by atoms with Crippen molar-refractivity contribution in [2.75, 3.05) is 0 Å². The smallest absolute Gasteiger partial charge is 0.343 e. The van der Waals surface area contributed by atoms with Crippen molar-refractivity contribution in [3.05, 3.63) is 109 Å². The summed E-state index contributed by atoms with van der Waals surface area (Å²) in [6.07, 6.45) is 2.06. The van der Waals surface area contributed by atoms with Crippen LogP contribution in [0.5, 0.6) is 23.0 Å². The van der Waals surface area contributed by atoms with E-state index in [2.05, 4.69) is 13.2 Å². The molecule has 8 nitrogen and oxygen atoms in total. The van der Waals surface area contributed by atoms with Crippen LogP contribution < -0.4 is 18.9 Å². The van der Waals surface area contributed by atoms with E-state index in [9.17, 15) is 19.2 Å². The lowest BCUT2D eigenvalue weighted by atomic mass is 10.2. The summed E-state index contributed by atoms with van der Waals surface area (Å²) in [7, 11) is 0. The van der Waals surface area contributed by atoms with Crippen LogP contribution in [-0.4, -0.2) is 23.9 Å². The van der Waals surface area contributed by atoms with Crippen molar-refractivity contribution in [3.63, 3.8) is 0 Å². The molecule has 170 valence electrons. The Hall–Kier alpha value is -4.98. The van der Waals surface area contributed by atoms with E-state index in [1.807, 2.05) is 0 Å². The SMILES string of the molecule is C=CC(=O)Oc1ccc(C(=O)Oc2ccc(OC(=O)c3ccc(OC(=O)C=C)cc3)cc2)cc1. The molecule has 0 unspecified atom stereocenters. The molecular formula is C26H18O8. The highest BCUT2D eigenvalue weighted by Gasteiger charge is 2.12. The van der Waals surface area contributed by atoms with Crippen LogP contribution in [0.25, 0.3) is 0 Å². The van der Waals surface area contributed by atoms with Crippen molar-refractivity contribution in [1.29, 1.82) is 0 Å². The minimum atomic E-state index is -0.622. The molecule has 0 aromatic heterocycles. The van der Waals surface area contributed by atoms with E-state index in [0.29, 0.717) is 0 Å². The molecule has 0 aliphatic rings. The van der Waals surface area contributed by atoms with E-state index < -0.39 is 23.9 Å². The predicted octanol–water partition coefficient (Wildman–Crippen LogP) is 4.31. The summed E-state index contributed by atoms with van der Waals surface area (Å²) in [5.41, 5.74) is 0.493. The molecular weight excluding hydrogens is 440 g/mol. The number of hydrogen-bond acceptors (Lipinski definition) is 8. The van der Waals surface area contributed by atoms with Gasteiger partial charge in [0.05, 0.1) is 11.1 Å². The molecule has 0 amide bonds. The Balaban J connectivity index is 1.56. The van der Waals surface area contributed by atoms with Gasteiger partial charge < -0.3 is 18.9 Å². The number of benzene rings is 3. The largest absolute Gasteiger partial charge is 0.423 e. The molecule has 0 spiro atoms. The summed E-state index contributed by atoms with van der Waals surface area (Å²) in [6, 6.07) is 17.5. The Morgan fingerprint density at radius 1 is 0.471 bits per heavy atom. The van der Waals surface area contributed by atoms with Gasteiger partial charge in [-0.15, -0.1) is 0 Å². The minimum Gasteiger partial charge on any atom is -0.423 e. The van der Waals surface area contributed by atoms with Gasteiger partial charge in [-0.25, -0.2) is 19.2 Å². The van der Waals surface area contributed by atoms with Crippen LogP contribution in [0.3, 0.4) is 0 Å². The van der Waals surface area contributed by atoms with E-state index in [4.69, 9.17) is 18.9 Å². The second kappa shape index (κ2) is 11.1. The Morgan fingerprint density at radius 3 is 1.03 bits per heavy atom. The molecule has 0 aliphatic carbocycles. The first kappa shape index (κ1) is 23.7. The molecule has 3 rings (SSSR count). The Morgan fingerprint density at radius 2 is 0.735 bits per heavy atom. The molecule has 0 saturated heterocycles. The number of carbonyl (C=O) groups excluding carboxylic acids is 4.